The minimum absolute atomic E-state index is 0.258. The lowest BCUT2D eigenvalue weighted by molar-refractivity contribution is 0.172. The molecule has 1 saturated heterocycles. The smallest absolute Gasteiger partial charge is 0.228 e. The summed E-state index contributed by atoms with van der Waals surface area (Å²) in [7, 11) is 3.27. The summed E-state index contributed by atoms with van der Waals surface area (Å²) in [5.74, 6) is 2.46. The summed E-state index contributed by atoms with van der Waals surface area (Å²) >= 11 is 0. The molecule has 1 fully saturated rings. The van der Waals surface area contributed by atoms with E-state index in [9.17, 15) is 4.39 Å². The van der Waals surface area contributed by atoms with Crippen LogP contribution in [0.25, 0.3) is 0 Å². The van der Waals surface area contributed by atoms with Gasteiger partial charge >= 0.3 is 0 Å². The van der Waals surface area contributed by atoms with Gasteiger partial charge in [-0.15, -0.1) is 0 Å². The van der Waals surface area contributed by atoms with E-state index in [-0.39, 0.29) is 17.5 Å². The van der Waals surface area contributed by atoms with Crippen molar-refractivity contribution in [3.05, 3.63) is 41.3 Å². The first-order valence-electron chi connectivity index (χ1n) is 10.3. The van der Waals surface area contributed by atoms with E-state index in [1.807, 2.05) is 19.9 Å². The van der Waals surface area contributed by atoms with Crippen LogP contribution in [0.2, 0.25) is 0 Å². The Morgan fingerprint density at radius 2 is 2.07 bits per heavy atom. The summed E-state index contributed by atoms with van der Waals surface area (Å²) in [4.78, 5) is 13.3. The van der Waals surface area contributed by atoms with Gasteiger partial charge in [0.2, 0.25) is 5.89 Å². The van der Waals surface area contributed by atoms with E-state index in [0.29, 0.717) is 18.9 Å². The van der Waals surface area contributed by atoms with Gasteiger partial charge in [-0.1, -0.05) is 25.1 Å². The number of hydrogen-bond donors (Lipinski definition) is 1. The van der Waals surface area contributed by atoms with Crippen molar-refractivity contribution >= 4 is 5.96 Å². The number of hydrogen-bond acceptors (Lipinski definition) is 6. The Bertz CT molecular complexity index is 846. The van der Waals surface area contributed by atoms with Crippen LogP contribution < -0.4 is 10.1 Å². The van der Waals surface area contributed by atoms with Crippen molar-refractivity contribution in [3.8, 4) is 5.75 Å². The first kappa shape index (κ1) is 22.0. The van der Waals surface area contributed by atoms with Crippen LogP contribution in [0, 0.1) is 5.82 Å². The highest BCUT2D eigenvalue weighted by atomic mass is 19.1. The second kappa shape index (κ2) is 10.4. The lowest BCUT2D eigenvalue weighted by Gasteiger charge is -2.36. The zero-order valence-corrected chi connectivity index (χ0v) is 18.2. The molecule has 1 aromatic carbocycles. The van der Waals surface area contributed by atoms with Crippen LogP contribution in [-0.2, 0) is 13.0 Å². The van der Waals surface area contributed by atoms with Crippen molar-refractivity contribution in [3.63, 3.8) is 0 Å². The Kier molecular flexibility index (Phi) is 7.62. The fraction of sp³-hybridized carbons (Fsp3) is 0.571. The van der Waals surface area contributed by atoms with Crippen LogP contribution in [0.5, 0.6) is 5.75 Å². The van der Waals surface area contributed by atoms with Gasteiger partial charge < -0.3 is 19.5 Å². The molecule has 30 heavy (non-hydrogen) atoms. The predicted molar refractivity (Wildman–Crippen MR) is 113 cm³/mol. The summed E-state index contributed by atoms with van der Waals surface area (Å²) < 4.78 is 24.2. The van der Waals surface area contributed by atoms with Gasteiger partial charge in [0.05, 0.1) is 7.11 Å². The van der Waals surface area contributed by atoms with Gasteiger partial charge in [-0.05, 0) is 17.7 Å². The van der Waals surface area contributed by atoms with Crippen molar-refractivity contribution in [2.24, 2.45) is 4.99 Å². The number of rotatable bonds is 7. The fourth-order valence-corrected chi connectivity index (χ4v) is 3.40. The second-order valence-electron chi connectivity index (χ2n) is 7.66. The van der Waals surface area contributed by atoms with Crippen molar-refractivity contribution in [1.82, 2.24) is 25.3 Å². The molecule has 0 unspecified atom stereocenters. The Hall–Kier alpha value is -2.68. The van der Waals surface area contributed by atoms with Crippen molar-refractivity contribution in [2.75, 3.05) is 46.9 Å². The van der Waals surface area contributed by atoms with E-state index in [1.165, 1.54) is 7.11 Å². The van der Waals surface area contributed by atoms with E-state index >= 15 is 0 Å². The number of nitrogens with one attached hydrogen (secondary N) is 1. The molecular formula is C21H31FN6O2. The average Bonchev–Trinajstić information content (AvgIpc) is 3.22. The normalized spacial score (nSPS) is 15.7. The number of benzene rings is 1. The molecule has 9 heteroatoms. The van der Waals surface area contributed by atoms with Crippen molar-refractivity contribution in [1.29, 1.82) is 0 Å². The monoisotopic (exact) mass is 418 g/mol. The van der Waals surface area contributed by atoms with Gasteiger partial charge in [0.1, 0.15) is 0 Å². The van der Waals surface area contributed by atoms with Gasteiger partial charge in [0.15, 0.2) is 23.4 Å². The number of piperazine rings is 1. The van der Waals surface area contributed by atoms with Crippen molar-refractivity contribution < 1.29 is 13.7 Å². The largest absolute Gasteiger partial charge is 0.494 e. The molecule has 1 N–H and O–H groups in total. The number of methoxy groups -OCH3 is 1. The van der Waals surface area contributed by atoms with Crippen LogP contribution in [0.3, 0.4) is 0 Å². The Balaban J connectivity index is 1.44. The molecule has 1 aliphatic heterocycles. The molecule has 2 aromatic rings. The average molecular weight is 419 g/mol. The Labute approximate surface area is 177 Å². The summed E-state index contributed by atoms with van der Waals surface area (Å²) in [6.07, 6.45) is 0.655. The van der Waals surface area contributed by atoms with Crippen LogP contribution in [0.15, 0.2) is 27.7 Å². The third-order valence-corrected chi connectivity index (χ3v) is 5.13. The number of aliphatic imine (C=N–C) groups is 1. The third-order valence-electron chi connectivity index (χ3n) is 5.13. The van der Waals surface area contributed by atoms with E-state index < -0.39 is 0 Å². The van der Waals surface area contributed by atoms with Crippen LogP contribution in [0.1, 0.15) is 37.0 Å². The Morgan fingerprint density at radius 1 is 1.30 bits per heavy atom. The molecule has 0 aliphatic carbocycles. The number of ether oxygens (including phenoxy) is 1. The van der Waals surface area contributed by atoms with Crippen LogP contribution in [0.4, 0.5) is 4.39 Å². The number of halogens is 1. The fourth-order valence-electron chi connectivity index (χ4n) is 3.40. The maximum atomic E-state index is 13.9. The maximum Gasteiger partial charge on any atom is 0.228 e. The SMILES string of the molecule is CN=C(NCCc1nc(C(C)C)no1)N1CCN(Cc2ccc(OC)c(F)c2)CC1. The number of nitrogens with zero attached hydrogens (tertiary/aromatic N) is 5. The van der Waals surface area contributed by atoms with E-state index in [0.717, 1.165) is 50.1 Å². The molecule has 8 nitrogen and oxygen atoms in total. The molecule has 1 aliphatic rings. The zero-order valence-electron chi connectivity index (χ0n) is 18.2. The highest BCUT2D eigenvalue weighted by Gasteiger charge is 2.20. The third kappa shape index (κ3) is 5.69. The molecule has 0 spiro atoms. The molecule has 3 rings (SSSR count). The molecule has 0 radical (unpaired) electrons. The molecule has 0 amide bonds. The highest BCUT2D eigenvalue weighted by Crippen LogP contribution is 2.19. The number of guanidine groups is 1. The van der Waals surface area contributed by atoms with Crippen LogP contribution in [-0.4, -0.2) is 72.8 Å². The first-order valence-corrected chi connectivity index (χ1v) is 10.3. The number of aromatic nitrogens is 2. The van der Waals surface area contributed by atoms with Gasteiger partial charge in [-0.25, -0.2) is 4.39 Å². The molecule has 2 heterocycles. The quantitative estimate of drug-likeness (QED) is 0.546. The summed E-state index contributed by atoms with van der Waals surface area (Å²) in [6, 6.07) is 5.14. The van der Waals surface area contributed by atoms with Gasteiger partial charge in [0.25, 0.3) is 0 Å². The molecular weight excluding hydrogens is 387 g/mol. The maximum absolute atomic E-state index is 13.9. The molecule has 0 saturated carbocycles. The molecule has 0 atom stereocenters. The van der Waals surface area contributed by atoms with E-state index in [4.69, 9.17) is 9.26 Å². The van der Waals surface area contributed by atoms with E-state index in [1.54, 1.807) is 19.2 Å². The highest BCUT2D eigenvalue weighted by molar-refractivity contribution is 5.80. The Morgan fingerprint density at radius 3 is 2.67 bits per heavy atom. The summed E-state index contributed by atoms with van der Waals surface area (Å²) in [5.41, 5.74) is 0.949. The summed E-state index contributed by atoms with van der Waals surface area (Å²) in [6.45, 7) is 8.96. The van der Waals surface area contributed by atoms with Crippen LogP contribution >= 0.6 is 0 Å². The first-order chi connectivity index (χ1) is 14.5. The minimum atomic E-state index is -0.319. The van der Waals surface area contributed by atoms with Gasteiger partial charge in [0, 0.05) is 58.7 Å². The molecule has 164 valence electrons. The zero-order chi connectivity index (χ0) is 21.5. The lowest BCUT2D eigenvalue weighted by atomic mass is 10.2. The molecule has 1 aromatic heterocycles. The standard InChI is InChI=1S/C21H31FN6O2/c1-15(2)20-25-19(30-26-20)7-8-24-21(23-3)28-11-9-27(10-12-28)14-16-5-6-18(29-4)17(22)13-16/h5-6,13,15H,7-12,14H2,1-4H3,(H,23,24). The molecule has 0 bridgehead atoms. The predicted octanol–water partition coefficient (Wildman–Crippen LogP) is 2.28. The minimum Gasteiger partial charge on any atom is -0.494 e. The van der Waals surface area contributed by atoms with Gasteiger partial charge in [-0.3, -0.25) is 9.89 Å². The van der Waals surface area contributed by atoms with Crippen molar-refractivity contribution in [2.45, 2.75) is 32.7 Å². The summed E-state index contributed by atoms with van der Waals surface area (Å²) in [5, 5.41) is 7.37. The second-order valence-corrected chi connectivity index (χ2v) is 7.66. The lowest BCUT2D eigenvalue weighted by Crippen LogP contribution is -2.52. The topological polar surface area (TPSA) is 79.0 Å². The van der Waals surface area contributed by atoms with E-state index in [2.05, 4.69) is 30.2 Å². The van der Waals surface area contributed by atoms with Gasteiger partial charge in [-0.2, -0.15) is 4.98 Å².